The van der Waals surface area contributed by atoms with Crippen molar-refractivity contribution in [2.45, 2.75) is 154 Å². The Morgan fingerprint density at radius 2 is 1.35 bits per heavy atom. The van der Waals surface area contributed by atoms with Crippen LogP contribution < -0.4 is 15.1 Å². The zero-order valence-corrected chi connectivity index (χ0v) is 45.9. The maximum atomic E-state index is 11.9. The number of benzene rings is 1. The molecule has 1 unspecified atom stereocenters. The van der Waals surface area contributed by atoms with Crippen LogP contribution in [-0.2, 0) is 4.74 Å². The molecule has 0 spiro atoms. The van der Waals surface area contributed by atoms with Crippen LogP contribution in [-0.4, -0.2) is 131 Å². The van der Waals surface area contributed by atoms with Gasteiger partial charge in [-0.25, -0.2) is 14.6 Å². The van der Waals surface area contributed by atoms with Gasteiger partial charge >= 0.3 is 0 Å². The Bertz CT molecular complexity index is 2590. The number of morpholine rings is 1. The molecule has 4 aromatic heterocycles. The predicted octanol–water partition coefficient (Wildman–Crippen LogP) is 11.2. The van der Waals surface area contributed by atoms with Crippen LogP contribution in [0.2, 0.25) is 0 Å². The number of carbonyl (C=O) groups excluding carboxylic acids is 2. The number of aryl methyl sites for hydroxylation is 1. The van der Waals surface area contributed by atoms with E-state index in [2.05, 4.69) is 73.0 Å². The fourth-order valence-corrected chi connectivity index (χ4v) is 11.6. The molecule has 0 radical (unpaired) electrons. The Labute approximate surface area is 446 Å². The number of aliphatic hydroxyl groups excluding tert-OH is 2. The number of hydrogen-bond acceptors (Lipinski definition) is 14. The molecule has 5 aromatic rings. The van der Waals surface area contributed by atoms with E-state index >= 15 is 0 Å². The van der Waals surface area contributed by atoms with E-state index in [4.69, 9.17) is 35.4 Å². The van der Waals surface area contributed by atoms with Crippen molar-refractivity contribution in [3.63, 3.8) is 0 Å². The zero-order chi connectivity index (χ0) is 53.3. The van der Waals surface area contributed by atoms with Gasteiger partial charge in [0, 0.05) is 101 Å². The monoisotopic (exact) mass is 1030 g/mol. The minimum Gasteiger partial charge on any atom is -0.400 e. The Kier molecular flexibility index (Phi) is 21.7. The van der Waals surface area contributed by atoms with E-state index in [-0.39, 0.29) is 0 Å². The highest BCUT2D eigenvalue weighted by Crippen LogP contribution is 2.44. The number of nitrogens with zero attached hydrogens (tertiary/aromatic N) is 8. The molecule has 0 bridgehead atoms. The molecule has 4 N–H and O–H groups in total. The van der Waals surface area contributed by atoms with Gasteiger partial charge in [0.1, 0.15) is 17.2 Å². The van der Waals surface area contributed by atoms with Gasteiger partial charge < -0.3 is 35.5 Å². The first-order valence-corrected chi connectivity index (χ1v) is 28.3. The van der Waals surface area contributed by atoms with Crippen molar-refractivity contribution >= 4 is 46.5 Å². The van der Waals surface area contributed by atoms with Crippen LogP contribution in [0.1, 0.15) is 185 Å². The lowest BCUT2D eigenvalue weighted by atomic mass is 9.79. The molecule has 6 heterocycles. The number of fused-ring (bicyclic) bond motifs is 1. The molecule has 6 fully saturated rings. The summed E-state index contributed by atoms with van der Waals surface area (Å²) >= 11 is 0. The molecule has 75 heavy (non-hydrogen) atoms. The molecule has 0 amide bonds. The summed E-state index contributed by atoms with van der Waals surface area (Å²) in [6, 6.07) is 18.1. The van der Waals surface area contributed by atoms with E-state index in [0.29, 0.717) is 47.1 Å². The highest BCUT2D eigenvalue weighted by molar-refractivity contribution is 6.09. The number of hydrogen-bond donors (Lipinski definition) is 4. The summed E-state index contributed by atoms with van der Waals surface area (Å²) in [5.74, 6) is 1.55. The van der Waals surface area contributed by atoms with E-state index < -0.39 is 0 Å². The molecular formula is C60H86N10O5. The molecule has 15 heteroatoms. The summed E-state index contributed by atoms with van der Waals surface area (Å²) < 4.78 is 7.72. The van der Waals surface area contributed by atoms with Gasteiger partial charge in [-0.15, -0.1) is 0 Å². The lowest BCUT2D eigenvalue weighted by Crippen LogP contribution is -2.47. The molecule has 2 saturated heterocycles. The topological polar surface area (TPSA) is 186 Å². The fourth-order valence-electron chi connectivity index (χ4n) is 11.6. The third-order valence-corrected chi connectivity index (χ3v) is 16.3. The lowest BCUT2D eigenvalue weighted by Gasteiger charge is -2.39. The van der Waals surface area contributed by atoms with Crippen molar-refractivity contribution in [2.24, 2.45) is 5.92 Å². The highest BCUT2D eigenvalue weighted by atomic mass is 16.5. The summed E-state index contributed by atoms with van der Waals surface area (Å²) in [7, 11) is 2.00. The SMILES string of the molecule is CC.CC(c1ccc(-c2cc(C=O)nc3c2c(C2CCC2)nn3C2CCCCC2)cc1)N1CCOCC1.CO.CO.Cc1cc(N2CCN(c3cc(C=O)nc(NC4CCCCC4)c3C(=N)C3CCC3)CC2)ccn1. The summed E-state index contributed by atoms with van der Waals surface area (Å²) in [5.41, 5.74) is 11.5. The van der Waals surface area contributed by atoms with Crippen LogP contribution in [0.15, 0.2) is 54.7 Å². The summed E-state index contributed by atoms with van der Waals surface area (Å²) in [6.45, 7) is 15.3. The first-order chi connectivity index (χ1) is 36.8. The van der Waals surface area contributed by atoms with Crippen LogP contribution in [0.4, 0.5) is 17.2 Å². The quantitative estimate of drug-likeness (QED) is 0.0645. The molecule has 1 atom stereocenters. The second-order valence-corrected chi connectivity index (χ2v) is 20.7. The van der Waals surface area contributed by atoms with Gasteiger partial charge in [-0.05, 0) is 106 Å². The summed E-state index contributed by atoms with van der Waals surface area (Å²) in [5, 5.41) is 33.2. The van der Waals surface area contributed by atoms with E-state index in [1.165, 1.54) is 86.5 Å². The molecule has 4 saturated carbocycles. The number of nitrogens with one attached hydrogen (secondary N) is 2. The molecule has 11 rings (SSSR count). The third kappa shape index (κ3) is 13.7. The molecule has 406 valence electrons. The number of aromatic nitrogens is 5. The van der Waals surface area contributed by atoms with Gasteiger partial charge in [-0.2, -0.15) is 5.10 Å². The van der Waals surface area contributed by atoms with Crippen molar-refractivity contribution < 1.29 is 24.5 Å². The standard InChI is InChI=1S/C29H36N4O2.C27H36N6O.C2H6.2CH4O/c1-20(32-14-16-35-17-15-32)21-10-12-22(13-11-21)26-18-24(19-34)30-29-27(26)28(23-6-5-7-23)31-33(29)25-8-3-2-4-9-25;1-19-16-23(10-11-29-19)32-12-14-33(15-13-32)24-17-22(18-34)31-27(30-21-8-3-2-4-9-21)25(24)26(28)20-6-5-7-20;3*1-2/h10-13,18-20,23,25H,2-9,14-17H2,1H3;10-11,16-18,20-21,28H,2-9,12-15H2,1H3,(H,30,31);1-2H3;2*2H,1H3. The Morgan fingerprint density at radius 3 is 1.93 bits per heavy atom. The predicted molar refractivity (Wildman–Crippen MR) is 303 cm³/mol. The van der Waals surface area contributed by atoms with Gasteiger partial charge in [-0.3, -0.25) is 19.5 Å². The van der Waals surface area contributed by atoms with Crippen molar-refractivity contribution in [3.8, 4) is 11.1 Å². The van der Waals surface area contributed by atoms with Crippen molar-refractivity contribution in [2.75, 3.05) is 81.8 Å². The lowest BCUT2D eigenvalue weighted by molar-refractivity contribution is 0.0198. The van der Waals surface area contributed by atoms with Crippen molar-refractivity contribution in [1.82, 2.24) is 29.6 Å². The number of aliphatic hydroxyl groups is 2. The van der Waals surface area contributed by atoms with Gasteiger partial charge in [-0.1, -0.05) is 89.5 Å². The second kappa shape index (κ2) is 28.5. The number of rotatable bonds is 13. The second-order valence-electron chi connectivity index (χ2n) is 20.7. The average Bonchev–Trinajstić information content (AvgIpc) is 3.82. The third-order valence-electron chi connectivity index (χ3n) is 16.3. The van der Waals surface area contributed by atoms with Crippen molar-refractivity contribution in [3.05, 3.63) is 88.6 Å². The van der Waals surface area contributed by atoms with Crippen LogP contribution in [0.5, 0.6) is 0 Å². The Morgan fingerprint density at radius 1 is 0.733 bits per heavy atom. The largest absolute Gasteiger partial charge is 0.400 e. The minimum absolute atomic E-state index is 0.301. The molecule has 6 aliphatic rings. The number of carbonyl (C=O) groups is 2. The highest BCUT2D eigenvalue weighted by Gasteiger charge is 2.33. The fraction of sp³-hybridized carbons (Fsp3) is 0.583. The van der Waals surface area contributed by atoms with E-state index in [9.17, 15) is 9.59 Å². The first-order valence-electron chi connectivity index (χ1n) is 28.3. The van der Waals surface area contributed by atoms with Crippen LogP contribution in [0, 0.1) is 18.3 Å². The maximum absolute atomic E-state index is 11.9. The Balaban J connectivity index is 0.000000199. The van der Waals surface area contributed by atoms with Crippen molar-refractivity contribution in [1.29, 1.82) is 5.41 Å². The van der Waals surface area contributed by atoms with E-state index in [0.717, 1.165) is 157 Å². The Hall–Kier alpha value is -5.61. The van der Waals surface area contributed by atoms with Crippen LogP contribution >= 0.6 is 0 Å². The molecule has 4 aliphatic carbocycles. The smallest absolute Gasteiger partial charge is 0.168 e. The first kappa shape index (κ1) is 57.1. The van der Waals surface area contributed by atoms with Gasteiger partial charge in [0.15, 0.2) is 18.2 Å². The molecular weight excluding hydrogens is 941 g/mol. The number of aldehydes is 2. The zero-order valence-electron chi connectivity index (χ0n) is 45.9. The van der Waals surface area contributed by atoms with Gasteiger partial charge in [0.2, 0.25) is 0 Å². The number of ether oxygens (including phenoxy) is 1. The number of piperazine rings is 1. The minimum atomic E-state index is 0.301. The molecule has 15 nitrogen and oxygen atoms in total. The van der Waals surface area contributed by atoms with E-state index in [1.807, 2.05) is 39.1 Å². The van der Waals surface area contributed by atoms with Gasteiger partial charge in [0.05, 0.1) is 41.6 Å². The maximum Gasteiger partial charge on any atom is 0.168 e. The number of pyridine rings is 3. The number of anilines is 3. The molecule has 2 aliphatic heterocycles. The van der Waals surface area contributed by atoms with Crippen LogP contribution in [0.3, 0.4) is 0 Å². The summed E-state index contributed by atoms with van der Waals surface area (Å²) in [4.78, 5) is 44.9. The van der Waals surface area contributed by atoms with Gasteiger partial charge in [0.25, 0.3) is 0 Å². The van der Waals surface area contributed by atoms with Crippen LogP contribution in [0.25, 0.3) is 22.2 Å². The average molecular weight is 1030 g/mol. The normalized spacial score (nSPS) is 19.0. The summed E-state index contributed by atoms with van der Waals surface area (Å²) in [6.07, 6.45) is 22.7. The van der Waals surface area contributed by atoms with E-state index in [1.54, 1.807) is 0 Å². The molecule has 1 aromatic carbocycles.